The highest BCUT2D eigenvalue weighted by molar-refractivity contribution is 5.99. The van der Waals surface area contributed by atoms with Crippen molar-refractivity contribution in [1.29, 1.82) is 0 Å². The first-order chi connectivity index (χ1) is 12.1. The number of hydrogen-bond donors (Lipinski definition) is 3. The van der Waals surface area contributed by atoms with Crippen molar-refractivity contribution in [2.45, 2.75) is 19.4 Å². The van der Waals surface area contributed by atoms with Gasteiger partial charge in [-0.1, -0.05) is 24.3 Å². The summed E-state index contributed by atoms with van der Waals surface area (Å²) in [5.41, 5.74) is 8.36. The van der Waals surface area contributed by atoms with Crippen molar-refractivity contribution in [2.75, 3.05) is 24.1 Å². The van der Waals surface area contributed by atoms with E-state index in [0.29, 0.717) is 17.8 Å². The molecule has 2 aromatic rings. The molecule has 1 fully saturated rings. The zero-order valence-electron chi connectivity index (χ0n) is 14.4. The zero-order chi connectivity index (χ0) is 17.6. The Bertz CT molecular complexity index is 776. The quantitative estimate of drug-likeness (QED) is 0.718. The highest BCUT2D eigenvalue weighted by Crippen LogP contribution is 2.15. The number of urea groups is 1. The molecule has 3 rings (SSSR count). The van der Waals surface area contributed by atoms with Crippen LogP contribution in [0.25, 0.3) is 0 Å². The maximum atomic E-state index is 12.2. The topological polar surface area (TPSA) is 87.5 Å². The van der Waals surface area contributed by atoms with Gasteiger partial charge in [0.2, 0.25) is 0 Å². The Labute approximate surface area is 159 Å². The minimum atomic E-state index is -0.218. The Hall–Kier alpha value is -2.73. The summed E-state index contributed by atoms with van der Waals surface area (Å²) in [4.78, 5) is 26.2. The van der Waals surface area contributed by atoms with Gasteiger partial charge in [0.25, 0.3) is 5.91 Å². The van der Waals surface area contributed by atoms with E-state index in [-0.39, 0.29) is 24.3 Å². The summed E-state index contributed by atoms with van der Waals surface area (Å²) in [5, 5.41) is 5.76. The summed E-state index contributed by atoms with van der Waals surface area (Å²) < 4.78 is 0. The van der Waals surface area contributed by atoms with E-state index in [1.807, 2.05) is 29.2 Å². The van der Waals surface area contributed by atoms with Gasteiger partial charge in [-0.05, 0) is 42.7 Å². The number of nitrogen functional groups attached to an aromatic ring is 1. The van der Waals surface area contributed by atoms with E-state index in [0.717, 1.165) is 37.2 Å². The van der Waals surface area contributed by atoms with Crippen molar-refractivity contribution in [1.82, 2.24) is 10.2 Å². The second kappa shape index (κ2) is 9.10. The summed E-state index contributed by atoms with van der Waals surface area (Å²) in [5.74, 6) is -0.218. The zero-order valence-corrected chi connectivity index (χ0v) is 15.2. The highest BCUT2D eigenvalue weighted by Gasteiger charge is 2.17. The lowest BCUT2D eigenvalue weighted by Gasteiger charge is -2.16. The van der Waals surface area contributed by atoms with Crippen LogP contribution in [-0.2, 0) is 6.54 Å². The number of para-hydroxylation sites is 1. The van der Waals surface area contributed by atoms with Crippen molar-refractivity contribution in [3.63, 3.8) is 0 Å². The third-order valence-electron chi connectivity index (χ3n) is 4.23. The number of rotatable bonds is 4. The first kappa shape index (κ1) is 19.6. The second-order valence-corrected chi connectivity index (χ2v) is 6.09. The molecule has 4 N–H and O–H groups in total. The lowest BCUT2D eigenvalue weighted by Crippen LogP contribution is -2.32. The maximum absolute atomic E-state index is 12.2. The van der Waals surface area contributed by atoms with Crippen LogP contribution < -0.4 is 16.4 Å². The summed E-state index contributed by atoms with van der Waals surface area (Å²) in [6, 6.07) is 14.4. The summed E-state index contributed by atoms with van der Waals surface area (Å²) >= 11 is 0. The molecule has 0 aliphatic carbocycles. The molecule has 0 radical (unpaired) electrons. The second-order valence-electron chi connectivity index (χ2n) is 6.09. The average molecular weight is 375 g/mol. The fourth-order valence-electron chi connectivity index (χ4n) is 2.86. The van der Waals surface area contributed by atoms with Crippen molar-refractivity contribution in [2.24, 2.45) is 0 Å². The molecule has 2 aromatic carbocycles. The Morgan fingerprint density at radius 3 is 2.50 bits per heavy atom. The van der Waals surface area contributed by atoms with Crippen LogP contribution in [0.15, 0.2) is 48.5 Å². The van der Waals surface area contributed by atoms with Crippen LogP contribution in [0, 0.1) is 0 Å². The first-order valence-corrected chi connectivity index (χ1v) is 8.41. The number of carbonyl (C=O) groups excluding carboxylic acids is 2. The van der Waals surface area contributed by atoms with Gasteiger partial charge in [0, 0.05) is 31.0 Å². The van der Waals surface area contributed by atoms with Crippen LogP contribution >= 0.6 is 12.4 Å². The van der Waals surface area contributed by atoms with Gasteiger partial charge < -0.3 is 21.3 Å². The molecule has 26 heavy (non-hydrogen) atoms. The molecule has 138 valence electrons. The standard InChI is InChI=1S/C19H22N4O2.ClH/c20-17-9-2-1-8-16(17)18(24)21-13-14-6-5-7-15(12-14)22-19(25)23-10-3-4-11-23;/h1-2,5-9,12H,3-4,10-11,13,20H2,(H,21,24)(H,22,25);1H. The van der Waals surface area contributed by atoms with Crippen LogP contribution in [0.1, 0.15) is 28.8 Å². The summed E-state index contributed by atoms with van der Waals surface area (Å²) in [6.07, 6.45) is 2.12. The van der Waals surface area contributed by atoms with Crippen LogP contribution in [0.5, 0.6) is 0 Å². The molecule has 1 aliphatic heterocycles. The van der Waals surface area contributed by atoms with Gasteiger partial charge in [-0.25, -0.2) is 4.79 Å². The minimum Gasteiger partial charge on any atom is -0.398 e. The van der Waals surface area contributed by atoms with E-state index >= 15 is 0 Å². The van der Waals surface area contributed by atoms with Crippen molar-refractivity contribution in [3.05, 3.63) is 59.7 Å². The minimum absolute atomic E-state index is 0. The van der Waals surface area contributed by atoms with Gasteiger partial charge in [0.05, 0.1) is 5.56 Å². The number of benzene rings is 2. The lowest BCUT2D eigenvalue weighted by molar-refractivity contribution is 0.0951. The van der Waals surface area contributed by atoms with Gasteiger partial charge in [0.15, 0.2) is 0 Å². The molecule has 0 aromatic heterocycles. The SMILES string of the molecule is Cl.Nc1ccccc1C(=O)NCc1cccc(NC(=O)N2CCCC2)c1. The Morgan fingerprint density at radius 2 is 1.77 bits per heavy atom. The number of anilines is 2. The smallest absolute Gasteiger partial charge is 0.321 e. The van der Waals surface area contributed by atoms with E-state index in [9.17, 15) is 9.59 Å². The predicted octanol–water partition coefficient (Wildman–Crippen LogP) is 3.25. The van der Waals surface area contributed by atoms with E-state index in [4.69, 9.17) is 5.73 Å². The molecule has 1 saturated heterocycles. The average Bonchev–Trinajstić information content (AvgIpc) is 3.15. The van der Waals surface area contributed by atoms with Gasteiger partial charge in [0.1, 0.15) is 0 Å². The third kappa shape index (κ3) is 4.89. The highest BCUT2D eigenvalue weighted by atomic mass is 35.5. The van der Waals surface area contributed by atoms with Gasteiger partial charge in [-0.15, -0.1) is 12.4 Å². The molecule has 0 atom stereocenters. The van der Waals surface area contributed by atoms with Crippen molar-refractivity contribution >= 4 is 35.7 Å². The number of carbonyl (C=O) groups is 2. The van der Waals surface area contributed by atoms with Gasteiger partial charge >= 0.3 is 6.03 Å². The first-order valence-electron chi connectivity index (χ1n) is 8.41. The summed E-state index contributed by atoms with van der Waals surface area (Å²) in [7, 11) is 0. The number of halogens is 1. The number of nitrogens with one attached hydrogen (secondary N) is 2. The van der Waals surface area contributed by atoms with Crippen molar-refractivity contribution < 1.29 is 9.59 Å². The summed E-state index contributed by atoms with van der Waals surface area (Å²) in [6.45, 7) is 1.97. The fraction of sp³-hybridized carbons (Fsp3) is 0.263. The molecule has 3 amide bonds. The maximum Gasteiger partial charge on any atom is 0.321 e. The van der Waals surface area contributed by atoms with Gasteiger partial charge in [-0.2, -0.15) is 0 Å². The van der Waals surface area contributed by atoms with Crippen LogP contribution in [0.2, 0.25) is 0 Å². The fourth-order valence-corrected chi connectivity index (χ4v) is 2.86. The van der Waals surface area contributed by atoms with Gasteiger partial charge in [-0.3, -0.25) is 4.79 Å². The predicted molar refractivity (Wildman–Crippen MR) is 106 cm³/mol. The Kier molecular flexibility index (Phi) is 6.86. The molecule has 1 heterocycles. The lowest BCUT2D eigenvalue weighted by atomic mass is 10.1. The van der Waals surface area contributed by atoms with Crippen LogP contribution in [0.3, 0.4) is 0 Å². The number of amides is 3. The Morgan fingerprint density at radius 1 is 1.04 bits per heavy atom. The largest absolute Gasteiger partial charge is 0.398 e. The molecule has 7 heteroatoms. The normalized spacial score (nSPS) is 13.0. The van der Waals surface area contributed by atoms with E-state index in [1.165, 1.54) is 0 Å². The molecule has 6 nitrogen and oxygen atoms in total. The molecule has 0 saturated carbocycles. The molecule has 1 aliphatic rings. The van der Waals surface area contributed by atoms with E-state index in [2.05, 4.69) is 10.6 Å². The molecular weight excluding hydrogens is 352 g/mol. The van der Waals surface area contributed by atoms with Crippen LogP contribution in [-0.4, -0.2) is 29.9 Å². The van der Waals surface area contributed by atoms with E-state index < -0.39 is 0 Å². The van der Waals surface area contributed by atoms with E-state index in [1.54, 1.807) is 24.3 Å². The third-order valence-corrected chi connectivity index (χ3v) is 4.23. The van der Waals surface area contributed by atoms with Crippen molar-refractivity contribution in [3.8, 4) is 0 Å². The molecule has 0 bridgehead atoms. The Balaban J connectivity index is 0.00000243. The molecule has 0 unspecified atom stereocenters. The van der Waals surface area contributed by atoms with Crippen LogP contribution in [0.4, 0.5) is 16.2 Å². The molecule has 0 spiro atoms. The number of likely N-dealkylation sites (tertiary alicyclic amines) is 1. The molecular formula is C19H23ClN4O2. The number of nitrogens with two attached hydrogens (primary N) is 1. The number of nitrogens with zero attached hydrogens (tertiary/aromatic N) is 1. The monoisotopic (exact) mass is 374 g/mol. The number of hydrogen-bond acceptors (Lipinski definition) is 3.